The van der Waals surface area contributed by atoms with Gasteiger partial charge in [-0.1, -0.05) is 42.5 Å². The van der Waals surface area contributed by atoms with Gasteiger partial charge in [0.15, 0.2) is 5.82 Å². The fourth-order valence-corrected chi connectivity index (χ4v) is 3.86. The van der Waals surface area contributed by atoms with Crippen molar-refractivity contribution in [1.29, 1.82) is 0 Å². The van der Waals surface area contributed by atoms with Crippen LogP contribution >= 0.6 is 0 Å². The average Bonchev–Trinajstić information content (AvgIpc) is 3.22. The van der Waals surface area contributed by atoms with E-state index in [1.165, 1.54) is 5.56 Å². The van der Waals surface area contributed by atoms with E-state index in [1.54, 1.807) is 12.1 Å². The van der Waals surface area contributed by atoms with E-state index in [4.69, 9.17) is 0 Å². The van der Waals surface area contributed by atoms with Crippen molar-refractivity contribution in [2.45, 2.75) is 37.8 Å². The standard InChI is InChI=1S/C22H25F2N5/c1-29(22-17-11-5-6-12-18(17)25-21(26-22)20(23)24)13-7-10-16-14-19(28-27-16)15-8-3-2-4-9-15/h2-6,8-9,11-12,16,19-20,27-28H,7,10,13-14H2,1H3. The average molecular weight is 397 g/mol. The molecule has 0 bridgehead atoms. The number of nitrogens with one attached hydrogen (secondary N) is 2. The van der Waals surface area contributed by atoms with Gasteiger partial charge < -0.3 is 4.90 Å². The van der Waals surface area contributed by atoms with E-state index >= 15 is 0 Å². The topological polar surface area (TPSA) is 53.1 Å². The number of benzene rings is 2. The fraction of sp³-hybridized carbons (Fsp3) is 0.364. The normalized spacial score (nSPS) is 19.2. The molecule has 2 heterocycles. The molecule has 2 atom stereocenters. The van der Waals surface area contributed by atoms with Crippen LogP contribution in [0.5, 0.6) is 0 Å². The SMILES string of the molecule is CN(CCCC1CC(c2ccccc2)NN1)c1nc(C(F)F)nc2ccccc12. The minimum Gasteiger partial charge on any atom is -0.359 e. The van der Waals surface area contributed by atoms with E-state index in [-0.39, 0.29) is 0 Å². The van der Waals surface area contributed by atoms with Crippen LogP contribution < -0.4 is 15.8 Å². The van der Waals surface area contributed by atoms with Crippen LogP contribution in [0.4, 0.5) is 14.6 Å². The highest BCUT2D eigenvalue weighted by atomic mass is 19.3. The third-order valence-electron chi connectivity index (χ3n) is 5.39. The first-order valence-electron chi connectivity index (χ1n) is 9.94. The molecule has 5 nitrogen and oxygen atoms in total. The Bertz CT molecular complexity index is 950. The van der Waals surface area contributed by atoms with Gasteiger partial charge in [0.25, 0.3) is 6.43 Å². The Morgan fingerprint density at radius 3 is 2.59 bits per heavy atom. The van der Waals surface area contributed by atoms with Crippen molar-refractivity contribution < 1.29 is 8.78 Å². The van der Waals surface area contributed by atoms with Crippen molar-refractivity contribution in [3.8, 4) is 0 Å². The van der Waals surface area contributed by atoms with Gasteiger partial charge in [-0.15, -0.1) is 0 Å². The Hall–Kier alpha value is -2.64. The maximum Gasteiger partial charge on any atom is 0.297 e. The third-order valence-corrected chi connectivity index (χ3v) is 5.39. The van der Waals surface area contributed by atoms with Crippen LogP contribution in [0.1, 0.15) is 43.1 Å². The Labute approximate surface area is 169 Å². The second-order valence-electron chi connectivity index (χ2n) is 7.47. The summed E-state index contributed by atoms with van der Waals surface area (Å²) in [5.74, 6) is 0.142. The van der Waals surface area contributed by atoms with Gasteiger partial charge in [0.2, 0.25) is 0 Å². The van der Waals surface area contributed by atoms with E-state index in [0.29, 0.717) is 23.4 Å². The maximum absolute atomic E-state index is 13.2. The smallest absolute Gasteiger partial charge is 0.297 e. The molecular weight excluding hydrogens is 372 g/mol. The first kappa shape index (κ1) is 19.7. The molecule has 2 unspecified atom stereocenters. The second kappa shape index (κ2) is 8.80. The van der Waals surface area contributed by atoms with E-state index < -0.39 is 12.2 Å². The third kappa shape index (κ3) is 4.52. The molecule has 1 aliphatic rings. The summed E-state index contributed by atoms with van der Waals surface area (Å²) in [6, 6.07) is 18.4. The van der Waals surface area contributed by atoms with Crippen molar-refractivity contribution in [3.63, 3.8) is 0 Å². The lowest BCUT2D eigenvalue weighted by Crippen LogP contribution is -2.31. The molecule has 0 amide bonds. The van der Waals surface area contributed by atoms with Crippen molar-refractivity contribution >= 4 is 16.7 Å². The monoisotopic (exact) mass is 397 g/mol. The molecular formula is C22H25F2N5. The minimum absolute atomic E-state index is 0.318. The van der Waals surface area contributed by atoms with E-state index in [2.05, 4.69) is 45.1 Å². The molecule has 0 aliphatic carbocycles. The van der Waals surface area contributed by atoms with Crippen molar-refractivity contribution in [2.24, 2.45) is 0 Å². The number of para-hydroxylation sites is 1. The molecule has 1 aromatic heterocycles. The number of hydrazine groups is 1. The molecule has 1 saturated heterocycles. The first-order chi connectivity index (χ1) is 14.1. The van der Waals surface area contributed by atoms with E-state index in [0.717, 1.165) is 31.2 Å². The van der Waals surface area contributed by atoms with Gasteiger partial charge in [0, 0.05) is 31.1 Å². The molecule has 0 saturated carbocycles. The molecule has 152 valence electrons. The lowest BCUT2D eigenvalue weighted by atomic mass is 10.00. The van der Waals surface area contributed by atoms with Crippen LogP contribution in [0.3, 0.4) is 0 Å². The molecule has 2 N–H and O–H groups in total. The Balaban J connectivity index is 1.37. The zero-order valence-corrected chi connectivity index (χ0v) is 16.4. The fourth-order valence-electron chi connectivity index (χ4n) is 3.86. The number of hydrogen-bond donors (Lipinski definition) is 2. The summed E-state index contributed by atoms with van der Waals surface area (Å²) in [6.45, 7) is 0.734. The first-order valence-corrected chi connectivity index (χ1v) is 9.94. The maximum atomic E-state index is 13.2. The van der Waals surface area contributed by atoms with Gasteiger partial charge in [0.05, 0.1) is 5.52 Å². The quantitative estimate of drug-likeness (QED) is 0.619. The summed E-state index contributed by atoms with van der Waals surface area (Å²) >= 11 is 0. The number of fused-ring (bicyclic) bond motifs is 1. The highest BCUT2D eigenvalue weighted by molar-refractivity contribution is 5.89. The molecule has 7 heteroatoms. The number of alkyl halides is 2. The van der Waals surface area contributed by atoms with Gasteiger partial charge in [-0.05, 0) is 37.0 Å². The Kier molecular flexibility index (Phi) is 5.97. The summed E-state index contributed by atoms with van der Waals surface area (Å²) in [6.07, 6.45) is 0.264. The molecule has 2 aromatic carbocycles. The molecule has 0 spiro atoms. The van der Waals surface area contributed by atoms with Gasteiger partial charge >= 0.3 is 0 Å². The summed E-state index contributed by atoms with van der Waals surface area (Å²) in [4.78, 5) is 10.1. The Morgan fingerprint density at radius 1 is 1.03 bits per heavy atom. The lowest BCUT2D eigenvalue weighted by molar-refractivity contribution is 0.141. The van der Waals surface area contributed by atoms with Crippen LogP contribution in [-0.2, 0) is 0 Å². The van der Waals surface area contributed by atoms with Crippen molar-refractivity contribution in [3.05, 3.63) is 66.0 Å². The Morgan fingerprint density at radius 2 is 1.79 bits per heavy atom. The van der Waals surface area contributed by atoms with Crippen LogP contribution in [0.15, 0.2) is 54.6 Å². The number of nitrogens with zero attached hydrogens (tertiary/aromatic N) is 3. The zero-order valence-electron chi connectivity index (χ0n) is 16.4. The van der Waals surface area contributed by atoms with Gasteiger partial charge in [-0.25, -0.2) is 18.7 Å². The van der Waals surface area contributed by atoms with E-state index in [9.17, 15) is 8.78 Å². The largest absolute Gasteiger partial charge is 0.359 e. The lowest BCUT2D eigenvalue weighted by Gasteiger charge is -2.21. The van der Waals surface area contributed by atoms with Crippen LogP contribution in [0, 0.1) is 0 Å². The number of anilines is 1. The van der Waals surface area contributed by atoms with Crippen molar-refractivity contribution in [2.75, 3.05) is 18.5 Å². The van der Waals surface area contributed by atoms with E-state index in [1.807, 2.05) is 30.1 Å². The van der Waals surface area contributed by atoms with Gasteiger partial charge in [-0.3, -0.25) is 10.9 Å². The van der Waals surface area contributed by atoms with Crippen LogP contribution in [-0.4, -0.2) is 29.6 Å². The molecule has 3 aromatic rings. The molecule has 29 heavy (non-hydrogen) atoms. The molecule has 4 rings (SSSR count). The van der Waals surface area contributed by atoms with Gasteiger partial charge in [-0.2, -0.15) is 0 Å². The van der Waals surface area contributed by atoms with Crippen LogP contribution in [0.25, 0.3) is 10.9 Å². The number of rotatable bonds is 7. The minimum atomic E-state index is -2.68. The van der Waals surface area contributed by atoms with Crippen LogP contribution in [0.2, 0.25) is 0 Å². The summed E-state index contributed by atoms with van der Waals surface area (Å²) < 4.78 is 26.4. The highest BCUT2D eigenvalue weighted by Crippen LogP contribution is 2.27. The second-order valence-corrected chi connectivity index (χ2v) is 7.47. The number of halogens is 2. The van der Waals surface area contributed by atoms with Crippen molar-refractivity contribution in [1.82, 2.24) is 20.8 Å². The number of aromatic nitrogens is 2. The predicted octanol–water partition coefficient (Wildman–Crippen LogP) is 4.39. The zero-order chi connectivity index (χ0) is 20.2. The molecule has 0 radical (unpaired) electrons. The predicted molar refractivity (Wildman–Crippen MR) is 111 cm³/mol. The molecule has 1 fully saturated rings. The summed E-state index contributed by atoms with van der Waals surface area (Å²) in [5.41, 5.74) is 8.58. The molecule has 1 aliphatic heterocycles. The summed E-state index contributed by atoms with van der Waals surface area (Å²) in [7, 11) is 1.90. The van der Waals surface area contributed by atoms with Gasteiger partial charge in [0.1, 0.15) is 5.82 Å². The summed E-state index contributed by atoms with van der Waals surface area (Å²) in [5, 5.41) is 0.796. The number of hydrogen-bond acceptors (Lipinski definition) is 5. The highest BCUT2D eigenvalue weighted by Gasteiger charge is 2.24.